The Kier molecular flexibility index (Phi) is 3.57. The molecule has 1 heterocycles. The lowest BCUT2D eigenvalue weighted by atomic mass is 10.2. The molecule has 18 heavy (non-hydrogen) atoms. The van der Waals surface area contributed by atoms with E-state index in [0.29, 0.717) is 11.8 Å². The maximum Gasteiger partial charge on any atom is 0.254 e. The van der Waals surface area contributed by atoms with Crippen molar-refractivity contribution in [3.05, 3.63) is 59.7 Å². The Morgan fingerprint density at radius 2 is 2.11 bits per heavy atom. The van der Waals surface area contributed by atoms with E-state index in [1.165, 1.54) is 18.6 Å². The molecule has 0 aliphatic heterocycles. The summed E-state index contributed by atoms with van der Waals surface area (Å²) in [7, 11) is 0. The van der Waals surface area contributed by atoms with E-state index < -0.39 is 17.5 Å². The van der Waals surface area contributed by atoms with Crippen LogP contribution in [0.3, 0.4) is 0 Å². The number of amides is 1. The Bertz CT molecular complexity index is 561. The van der Waals surface area contributed by atoms with Gasteiger partial charge in [0, 0.05) is 18.5 Å². The molecule has 0 radical (unpaired) electrons. The summed E-state index contributed by atoms with van der Waals surface area (Å²) < 4.78 is 26.0. The van der Waals surface area contributed by atoms with Gasteiger partial charge in [0.25, 0.3) is 5.91 Å². The van der Waals surface area contributed by atoms with Gasteiger partial charge < -0.3 is 5.32 Å². The highest BCUT2D eigenvalue weighted by atomic mass is 19.1. The molecular formula is C12H9F2N3O. The molecule has 0 aliphatic rings. The van der Waals surface area contributed by atoms with Crippen molar-refractivity contribution in [3.63, 3.8) is 0 Å². The third-order valence-corrected chi connectivity index (χ3v) is 2.22. The van der Waals surface area contributed by atoms with Gasteiger partial charge in [-0.25, -0.2) is 8.78 Å². The second kappa shape index (κ2) is 5.31. The van der Waals surface area contributed by atoms with Gasteiger partial charge in [-0.05, 0) is 12.1 Å². The first-order valence-electron chi connectivity index (χ1n) is 5.15. The highest BCUT2D eigenvalue weighted by molar-refractivity contribution is 5.94. The average molecular weight is 249 g/mol. The Morgan fingerprint density at radius 3 is 2.78 bits per heavy atom. The fraction of sp³-hybridized carbons (Fsp3) is 0.0833. The molecule has 0 saturated carbocycles. The number of hydrogen-bond acceptors (Lipinski definition) is 3. The van der Waals surface area contributed by atoms with Crippen LogP contribution in [0.4, 0.5) is 8.78 Å². The molecule has 0 aliphatic carbocycles. The predicted octanol–water partition coefficient (Wildman–Crippen LogP) is 1.68. The summed E-state index contributed by atoms with van der Waals surface area (Å²) in [5.41, 5.74) is 0.341. The minimum Gasteiger partial charge on any atom is -0.346 e. The van der Waals surface area contributed by atoms with Gasteiger partial charge in [-0.3, -0.25) is 14.8 Å². The molecule has 0 spiro atoms. The van der Waals surface area contributed by atoms with Gasteiger partial charge in [-0.2, -0.15) is 0 Å². The monoisotopic (exact) mass is 249 g/mol. The zero-order valence-electron chi connectivity index (χ0n) is 9.23. The molecule has 1 amide bonds. The minimum absolute atomic E-state index is 0.128. The molecule has 2 rings (SSSR count). The van der Waals surface area contributed by atoms with Gasteiger partial charge in [0.1, 0.15) is 11.6 Å². The van der Waals surface area contributed by atoms with Crippen molar-refractivity contribution < 1.29 is 13.6 Å². The number of halogens is 2. The van der Waals surface area contributed by atoms with Crippen LogP contribution in [0.25, 0.3) is 0 Å². The first-order valence-corrected chi connectivity index (χ1v) is 5.15. The maximum atomic E-state index is 13.3. The van der Waals surface area contributed by atoms with Gasteiger partial charge in [-0.1, -0.05) is 0 Å². The molecular weight excluding hydrogens is 240 g/mol. The molecule has 4 nitrogen and oxygen atoms in total. The van der Waals surface area contributed by atoms with Crippen molar-refractivity contribution in [3.8, 4) is 0 Å². The van der Waals surface area contributed by atoms with Gasteiger partial charge in [0.05, 0.1) is 24.0 Å². The molecule has 0 atom stereocenters. The highest BCUT2D eigenvalue weighted by Gasteiger charge is 2.12. The normalized spacial score (nSPS) is 10.1. The van der Waals surface area contributed by atoms with Gasteiger partial charge >= 0.3 is 0 Å². The van der Waals surface area contributed by atoms with E-state index in [1.54, 1.807) is 0 Å². The van der Waals surface area contributed by atoms with E-state index in [0.717, 1.165) is 12.1 Å². The molecule has 0 saturated heterocycles. The van der Waals surface area contributed by atoms with Crippen molar-refractivity contribution >= 4 is 5.91 Å². The van der Waals surface area contributed by atoms with Crippen LogP contribution in [0.2, 0.25) is 0 Å². The second-order valence-electron chi connectivity index (χ2n) is 3.50. The number of benzene rings is 1. The first-order chi connectivity index (χ1) is 8.66. The zero-order valence-corrected chi connectivity index (χ0v) is 9.23. The number of aromatic nitrogens is 2. The lowest BCUT2D eigenvalue weighted by Gasteiger charge is -2.05. The summed E-state index contributed by atoms with van der Waals surface area (Å²) in [5, 5.41) is 2.47. The molecule has 0 bridgehead atoms. The first kappa shape index (κ1) is 12.1. The molecule has 0 fully saturated rings. The summed E-state index contributed by atoms with van der Waals surface area (Å²) >= 11 is 0. The van der Waals surface area contributed by atoms with Crippen LogP contribution in [0.1, 0.15) is 16.1 Å². The molecule has 1 aromatic heterocycles. The van der Waals surface area contributed by atoms with E-state index in [1.807, 2.05) is 0 Å². The Labute approximate surface area is 102 Å². The number of nitrogens with zero attached hydrogens (tertiary/aromatic N) is 2. The standard InChI is InChI=1S/C12H9F2N3O/c13-8-1-2-10(11(14)5-8)12(18)17-7-9-6-15-3-4-16-9/h1-6H,7H2,(H,17,18). The number of nitrogens with one attached hydrogen (secondary N) is 1. The predicted molar refractivity (Wildman–Crippen MR) is 59.6 cm³/mol. The van der Waals surface area contributed by atoms with Crippen LogP contribution in [-0.4, -0.2) is 15.9 Å². The number of hydrogen-bond donors (Lipinski definition) is 1. The van der Waals surface area contributed by atoms with Gasteiger partial charge in [0.2, 0.25) is 0 Å². The average Bonchev–Trinajstić information content (AvgIpc) is 2.37. The van der Waals surface area contributed by atoms with Crippen LogP contribution >= 0.6 is 0 Å². The molecule has 0 unspecified atom stereocenters. The lowest BCUT2D eigenvalue weighted by molar-refractivity contribution is 0.0946. The SMILES string of the molecule is O=C(NCc1cnccn1)c1ccc(F)cc1F. The molecule has 1 aromatic carbocycles. The van der Waals surface area contributed by atoms with Crippen LogP contribution in [0, 0.1) is 11.6 Å². The second-order valence-corrected chi connectivity index (χ2v) is 3.50. The summed E-state index contributed by atoms with van der Waals surface area (Å²) in [6.45, 7) is 0.128. The van der Waals surface area contributed by atoms with Crippen molar-refractivity contribution in [2.75, 3.05) is 0 Å². The Hall–Kier alpha value is -2.37. The largest absolute Gasteiger partial charge is 0.346 e. The quantitative estimate of drug-likeness (QED) is 0.900. The fourth-order valence-electron chi connectivity index (χ4n) is 1.36. The third kappa shape index (κ3) is 2.85. The van der Waals surface area contributed by atoms with E-state index >= 15 is 0 Å². The number of rotatable bonds is 3. The fourth-order valence-corrected chi connectivity index (χ4v) is 1.36. The number of carbonyl (C=O) groups is 1. The topological polar surface area (TPSA) is 54.9 Å². The summed E-state index contributed by atoms with van der Waals surface area (Å²) in [6, 6.07) is 2.79. The van der Waals surface area contributed by atoms with Crippen LogP contribution in [0.15, 0.2) is 36.8 Å². The Morgan fingerprint density at radius 1 is 1.28 bits per heavy atom. The summed E-state index contributed by atoms with van der Waals surface area (Å²) in [4.78, 5) is 19.4. The molecule has 1 N–H and O–H groups in total. The van der Waals surface area contributed by atoms with E-state index in [4.69, 9.17) is 0 Å². The van der Waals surface area contributed by atoms with E-state index in [-0.39, 0.29) is 12.1 Å². The van der Waals surface area contributed by atoms with Gasteiger partial charge in [0.15, 0.2) is 0 Å². The highest BCUT2D eigenvalue weighted by Crippen LogP contribution is 2.09. The summed E-state index contributed by atoms with van der Waals surface area (Å²) in [5.74, 6) is -2.25. The Balaban J connectivity index is 2.04. The van der Waals surface area contributed by atoms with Gasteiger partial charge in [-0.15, -0.1) is 0 Å². The van der Waals surface area contributed by atoms with Crippen molar-refractivity contribution in [1.82, 2.24) is 15.3 Å². The summed E-state index contributed by atoms with van der Waals surface area (Å²) in [6.07, 6.45) is 4.48. The van der Waals surface area contributed by atoms with Crippen LogP contribution < -0.4 is 5.32 Å². The lowest BCUT2D eigenvalue weighted by Crippen LogP contribution is -2.24. The van der Waals surface area contributed by atoms with Crippen molar-refractivity contribution in [2.45, 2.75) is 6.54 Å². The smallest absolute Gasteiger partial charge is 0.254 e. The zero-order chi connectivity index (χ0) is 13.0. The third-order valence-electron chi connectivity index (χ3n) is 2.22. The van der Waals surface area contributed by atoms with Crippen molar-refractivity contribution in [2.24, 2.45) is 0 Å². The number of carbonyl (C=O) groups excluding carboxylic acids is 1. The molecule has 92 valence electrons. The van der Waals surface area contributed by atoms with E-state index in [9.17, 15) is 13.6 Å². The maximum absolute atomic E-state index is 13.3. The van der Waals surface area contributed by atoms with Crippen LogP contribution in [-0.2, 0) is 6.54 Å². The van der Waals surface area contributed by atoms with Crippen molar-refractivity contribution in [1.29, 1.82) is 0 Å². The molecule has 2 aromatic rings. The van der Waals surface area contributed by atoms with E-state index in [2.05, 4.69) is 15.3 Å². The molecule has 6 heteroatoms. The van der Waals surface area contributed by atoms with Crippen LogP contribution in [0.5, 0.6) is 0 Å². The minimum atomic E-state index is -0.897.